The fourth-order valence-electron chi connectivity index (χ4n) is 2.74. The van der Waals surface area contributed by atoms with Crippen molar-refractivity contribution >= 4 is 35.1 Å². The van der Waals surface area contributed by atoms with Gasteiger partial charge in [0.2, 0.25) is 0 Å². The molecule has 1 aromatic carbocycles. The summed E-state index contributed by atoms with van der Waals surface area (Å²) in [4.78, 5) is 23.5. The number of ether oxygens (including phenoxy) is 1. The Morgan fingerprint density at radius 2 is 1.78 bits per heavy atom. The summed E-state index contributed by atoms with van der Waals surface area (Å²) in [5.74, 6) is -0.243. The first-order chi connectivity index (χ1) is 11.1. The van der Waals surface area contributed by atoms with Crippen LogP contribution in [-0.2, 0) is 20.7 Å². The zero-order valence-corrected chi connectivity index (χ0v) is 14.5. The largest absolute Gasteiger partial charge is 0.455 e. The maximum absolute atomic E-state index is 11.8. The lowest BCUT2D eigenvalue weighted by Gasteiger charge is -2.21. The van der Waals surface area contributed by atoms with E-state index in [2.05, 4.69) is 5.32 Å². The number of rotatable bonds is 6. The second-order valence-electron chi connectivity index (χ2n) is 5.85. The van der Waals surface area contributed by atoms with E-state index < -0.39 is 5.97 Å². The molecule has 0 bridgehead atoms. The summed E-state index contributed by atoms with van der Waals surface area (Å²) in [6, 6.07) is 5.03. The molecule has 2 rings (SSSR count). The van der Waals surface area contributed by atoms with E-state index in [-0.39, 0.29) is 18.9 Å². The van der Waals surface area contributed by atoms with Crippen LogP contribution in [0.1, 0.15) is 37.7 Å². The summed E-state index contributed by atoms with van der Waals surface area (Å²) in [6.07, 6.45) is 6.01. The standard InChI is InChI=1S/C17H21Cl2NO3/c18-14-7-4-8-15(19)13(14)9-17(22)23-11-16(21)20-10-12-5-2-1-3-6-12/h4,7-8,12H,1-3,5-6,9-11H2,(H,20,21). The number of hydrogen-bond donors (Lipinski definition) is 1. The zero-order valence-electron chi connectivity index (χ0n) is 12.9. The SMILES string of the molecule is O=C(COC(=O)Cc1c(Cl)cccc1Cl)NCC1CCCCC1. The normalized spacial score (nSPS) is 15.2. The van der Waals surface area contributed by atoms with Gasteiger partial charge in [0.15, 0.2) is 6.61 Å². The van der Waals surface area contributed by atoms with E-state index in [0.717, 1.165) is 12.8 Å². The molecule has 1 aliphatic rings. The Bertz CT molecular complexity index is 537. The van der Waals surface area contributed by atoms with Crippen molar-refractivity contribution in [2.24, 2.45) is 5.92 Å². The first-order valence-corrected chi connectivity index (χ1v) is 8.67. The third-order valence-electron chi connectivity index (χ3n) is 4.06. The molecule has 0 aliphatic heterocycles. The lowest BCUT2D eigenvalue weighted by atomic mass is 9.89. The predicted molar refractivity (Wildman–Crippen MR) is 90.7 cm³/mol. The Kier molecular flexibility index (Phi) is 7.18. The lowest BCUT2D eigenvalue weighted by molar-refractivity contribution is -0.147. The molecule has 6 heteroatoms. The van der Waals surface area contributed by atoms with Gasteiger partial charge in [-0.3, -0.25) is 9.59 Å². The van der Waals surface area contributed by atoms with Gasteiger partial charge in [0.25, 0.3) is 5.91 Å². The molecule has 1 aromatic rings. The first-order valence-electron chi connectivity index (χ1n) is 7.91. The van der Waals surface area contributed by atoms with Gasteiger partial charge in [-0.15, -0.1) is 0 Å². The number of hydrogen-bond acceptors (Lipinski definition) is 3. The van der Waals surface area contributed by atoms with Crippen LogP contribution in [0.15, 0.2) is 18.2 Å². The number of carbonyl (C=O) groups excluding carboxylic acids is 2. The second kappa shape index (κ2) is 9.14. The maximum Gasteiger partial charge on any atom is 0.310 e. The summed E-state index contributed by atoms with van der Waals surface area (Å²) in [5, 5.41) is 3.65. The molecule has 0 aromatic heterocycles. The monoisotopic (exact) mass is 357 g/mol. The molecule has 1 aliphatic carbocycles. The smallest absolute Gasteiger partial charge is 0.310 e. The van der Waals surface area contributed by atoms with Crippen molar-refractivity contribution in [2.45, 2.75) is 38.5 Å². The van der Waals surface area contributed by atoms with Crippen molar-refractivity contribution in [2.75, 3.05) is 13.2 Å². The van der Waals surface area contributed by atoms with E-state index in [1.165, 1.54) is 19.3 Å². The van der Waals surface area contributed by atoms with Crippen molar-refractivity contribution < 1.29 is 14.3 Å². The quantitative estimate of drug-likeness (QED) is 0.788. The lowest BCUT2D eigenvalue weighted by Crippen LogP contribution is -2.33. The highest BCUT2D eigenvalue weighted by Gasteiger charge is 2.16. The average molecular weight is 358 g/mol. The van der Waals surface area contributed by atoms with Crippen LogP contribution in [0.25, 0.3) is 0 Å². The molecule has 0 saturated heterocycles. The van der Waals surface area contributed by atoms with Gasteiger partial charge in [0.05, 0.1) is 6.42 Å². The van der Waals surface area contributed by atoms with Gasteiger partial charge >= 0.3 is 5.97 Å². The average Bonchev–Trinajstić information content (AvgIpc) is 2.55. The Labute approximate surface area is 146 Å². The van der Waals surface area contributed by atoms with Crippen molar-refractivity contribution in [3.8, 4) is 0 Å². The van der Waals surface area contributed by atoms with E-state index >= 15 is 0 Å². The minimum Gasteiger partial charge on any atom is -0.455 e. The molecule has 4 nitrogen and oxygen atoms in total. The van der Waals surface area contributed by atoms with Crippen LogP contribution in [0.3, 0.4) is 0 Å². The Morgan fingerprint density at radius 3 is 2.43 bits per heavy atom. The minimum atomic E-state index is -0.521. The van der Waals surface area contributed by atoms with Gasteiger partial charge in [-0.05, 0) is 30.9 Å². The third kappa shape index (κ3) is 6.04. The van der Waals surface area contributed by atoms with Gasteiger partial charge in [-0.25, -0.2) is 0 Å². The van der Waals surface area contributed by atoms with Crippen molar-refractivity contribution in [1.82, 2.24) is 5.32 Å². The van der Waals surface area contributed by atoms with Gasteiger partial charge < -0.3 is 10.1 Å². The van der Waals surface area contributed by atoms with Crippen LogP contribution in [-0.4, -0.2) is 25.0 Å². The van der Waals surface area contributed by atoms with Crippen LogP contribution in [0.2, 0.25) is 10.0 Å². The number of halogens is 2. The maximum atomic E-state index is 11.8. The van der Waals surface area contributed by atoms with Crippen molar-refractivity contribution in [3.05, 3.63) is 33.8 Å². The number of benzene rings is 1. The Balaban J connectivity index is 1.70. The third-order valence-corrected chi connectivity index (χ3v) is 4.77. The molecule has 126 valence electrons. The highest BCUT2D eigenvalue weighted by Crippen LogP contribution is 2.25. The summed E-state index contributed by atoms with van der Waals surface area (Å²) >= 11 is 12.0. The van der Waals surface area contributed by atoms with Crippen LogP contribution >= 0.6 is 23.2 Å². The van der Waals surface area contributed by atoms with E-state index in [1.807, 2.05) is 0 Å². The van der Waals surface area contributed by atoms with E-state index in [4.69, 9.17) is 27.9 Å². The number of carbonyl (C=O) groups is 2. The summed E-state index contributed by atoms with van der Waals surface area (Å²) in [7, 11) is 0. The summed E-state index contributed by atoms with van der Waals surface area (Å²) in [6.45, 7) is 0.389. The minimum absolute atomic E-state index is 0.0472. The van der Waals surface area contributed by atoms with Crippen LogP contribution in [0.5, 0.6) is 0 Å². The molecule has 1 N–H and O–H groups in total. The highest BCUT2D eigenvalue weighted by atomic mass is 35.5. The fraction of sp³-hybridized carbons (Fsp3) is 0.529. The molecule has 0 unspecified atom stereocenters. The molecule has 1 amide bonds. The Morgan fingerprint density at radius 1 is 1.13 bits per heavy atom. The molecule has 0 heterocycles. The fourth-order valence-corrected chi connectivity index (χ4v) is 3.27. The Hall–Kier alpha value is -1.26. The van der Waals surface area contributed by atoms with Crippen LogP contribution < -0.4 is 5.32 Å². The van der Waals surface area contributed by atoms with Crippen molar-refractivity contribution in [1.29, 1.82) is 0 Å². The molecule has 1 fully saturated rings. The second-order valence-corrected chi connectivity index (χ2v) is 6.66. The van der Waals surface area contributed by atoms with E-state index in [0.29, 0.717) is 28.1 Å². The van der Waals surface area contributed by atoms with Gasteiger partial charge in [-0.1, -0.05) is 48.5 Å². The molecule has 23 heavy (non-hydrogen) atoms. The molecular formula is C17H21Cl2NO3. The summed E-state index contributed by atoms with van der Waals surface area (Å²) in [5.41, 5.74) is 0.517. The molecule has 0 spiro atoms. The van der Waals surface area contributed by atoms with E-state index in [9.17, 15) is 9.59 Å². The number of nitrogens with one attached hydrogen (secondary N) is 1. The predicted octanol–water partition coefficient (Wildman–Crippen LogP) is 3.78. The van der Waals surface area contributed by atoms with E-state index in [1.54, 1.807) is 18.2 Å². The first kappa shape index (κ1) is 18.1. The van der Waals surface area contributed by atoms with Gasteiger partial charge in [-0.2, -0.15) is 0 Å². The van der Waals surface area contributed by atoms with Gasteiger partial charge in [0.1, 0.15) is 0 Å². The molecule has 1 saturated carbocycles. The number of esters is 1. The number of amides is 1. The van der Waals surface area contributed by atoms with Crippen molar-refractivity contribution in [3.63, 3.8) is 0 Å². The van der Waals surface area contributed by atoms with Gasteiger partial charge in [0, 0.05) is 22.2 Å². The zero-order chi connectivity index (χ0) is 16.7. The molecular weight excluding hydrogens is 337 g/mol. The molecule has 0 atom stereocenters. The van der Waals surface area contributed by atoms with Crippen LogP contribution in [0, 0.1) is 5.92 Å². The summed E-state index contributed by atoms with van der Waals surface area (Å²) < 4.78 is 4.99. The van der Waals surface area contributed by atoms with Crippen LogP contribution in [0.4, 0.5) is 0 Å². The highest BCUT2D eigenvalue weighted by molar-refractivity contribution is 6.36. The topological polar surface area (TPSA) is 55.4 Å². The molecule has 0 radical (unpaired) electrons.